The van der Waals surface area contributed by atoms with Crippen molar-refractivity contribution in [1.29, 1.82) is 0 Å². The summed E-state index contributed by atoms with van der Waals surface area (Å²) in [5, 5.41) is 6.38. The number of rotatable bonds is 7. The fourth-order valence-corrected chi connectivity index (χ4v) is 2.18. The highest BCUT2D eigenvalue weighted by Gasteiger charge is 2.06. The molecule has 5 nitrogen and oxygen atoms in total. The van der Waals surface area contributed by atoms with Gasteiger partial charge in [0.15, 0.2) is 5.82 Å². The van der Waals surface area contributed by atoms with Crippen molar-refractivity contribution in [2.45, 2.75) is 20.3 Å². The maximum absolute atomic E-state index is 11.5. The minimum Gasteiger partial charge on any atom is -0.360 e. The molecule has 0 fully saturated rings. The minimum atomic E-state index is -0.0359. The largest absolute Gasteiger partial charge is 0.360 e. The van der Waals surface area contributed by atoms with Crippen LogP contribution >= 0.6 is 11.8 Å². The van der Waals surface area contributed by atoms with Gasteiger partial charge in [0, 0.05) is 18.2 Å². The van der Waals surface area contributed by atoms with E-state index in [0.717, 1.165) is 11.5 Å². The zero-order chi connectivity index (χ0) is 12.7. The highest BCUT2D eigenvalue weighted by Crippen LogP contribution is 2.10. The molecule has 0 radical (unpaired) electrons. The van der Waals surface area contributed by atoms with Crippen LogP contribution in [0.3, 0.4) is 0 Å². The van der Waals surface area contributed by atoms with Crippen LogP contribution < -0.4 is 11.1 Å². The Morgan fingerprint density at radius 1 is 1.71 bits per heavy atom. The Labute approximate surface area is 105 Å². The molecule has 0 aliphatic rings. The predicted octanol–water partition coefficient (Wildman–Crippen LogP) is 1.64. The van der Waals surface area contributed by atoms with E-state index in [2.05, 4.69) is 17.4 Å². The standard InChI is InChI=1S/C11H19N3O2S/c1-8(6-12)7-17-4-3-11(15)13-10-5-9(2)16-14-10/h5,8H,3-4,6-7,12H2,1-2H3,(H,13,14,15). The third-order valence-corrected chi connectivity index (χ3v) is 3.47. The third kappa shape index (κ3) is 5.74. The lowest BCUT2D eigenvalue weighted by Gasteiger charge is -2.07. The number of nitrogens with one attached hydrogen (secondary N) is 1. The smallest absolute Gasteiger partial charge is 0.226 e. The number of nitrogens with zero attached hydrogens (tertiary/aromatic N) is 1. The second kappa shape index (κ2) is 7.34. The molecule has 96 valence electrons. The van der Waals surface area contributed by atoms with E-state index in [4.69, 9.17) is 10.3 Å². The Morgan fingerprint density at radius 3 is 3.06 bits per heavy atom. The molecule has 1 atom stereocenters. The van der Waals surface area contributed by atoms with E-state index in [1.54, 1.807) is 24.8 Å². The second-order valence-corrected chi connectivity index (χ2v) is 5.19. The second-order valence-electron chi connectivity index (χ2n) is 4.04. The molecular weight excluding hydrogens is 238 g/mol. The first-order valence-corrected chi connectivity index (χ1v) is 6.78. The first-order valence-electron chi connectivity index (χ1n) is 5.62. The predicted molar refractivity (Wildman–Crippen MR) is 70.0 cm³/mol. The monoisotopic (exact) mass is 257 g/mol. The summed E-state index contributed by atoms with van der Waals surface area (Å²) in [6.07, 6.45) is 0.480. The van der Waals surface area contributed by atoms with Gasteiger partial charge in [-0.25, -0.2) is 0 Å². The normalized spacial score (nSPS) is 12.4. The average molecular weight is 257 g/mol. The van der Waals surface area contributed by atoms with Crippen molar-refractivity contribution in [3.05, 3.63) is 11.8 Å². The lowest BCUT2D eigenvalue weighted by Crippen LogP contribution is -2.15. The number of hydrogen-bond donors (Lipinski definition) is 2. The molecule has 0 bridgehead atoms. The summed E-state index contributed by atoms with van der Waals surface area (Å²) in [5.41, 5.74) is 5.51. The summed E-state index contributed by atoms with van der Waals surface area (Å²) in [5.74, 6) is 3.42. The van der Waals surface area contributed by atoms with Gasteiger partial charge in [-0.1, -0.05) is 12.1 Å². The molecule has 1 aromatic heterocycles. The molecule has 1 heterocycles. The number of anilines is 1. The van der Waals surface area contributed by atoms with Crippen molar-refractivity contribution >= 4 is 23.5 Å². The van der Waals surface area contributed by atoms with Crippen molar-refractivity contribution < 1.29 is 9.32 Å². The Morgan fingerprint density at radius 2 is 2.47 bits per heavy atom. The number of amides is 1. The van der Waals surface area contributed by atoms with Crippen LogP contribution in [0.4, 0.5) is 5.82 Å². The SMILES string of the molecule is Cc1cc(NC(=O)CCSCC(C)CN)no1. The van der Waals surface area contributed by atoms with Crippen molar-refractivity contribution in [3.63, 3.8) is 0 Å². The lowest BCUT2D eigenvalue weighted by atomic mass is 10.2. The van der Waals surface area contributed by atoms with E-state index in [-0.39, 0.29) is 5.91 Å². The Balaban J connectivity index is 2.13. The molecule has 1 unspecified atom stereocenters. The molecule has 1 amide bonds. The van der Waals surface area contributed by atoms with Crippen molar-refractivity contribution in [2.24, 2.45) is 11.7 Å². The van der Waals surface area contributed by atoms with E-state index < -0.39 is 0 Å². The highest BCUT2D eigenvalue weighted by molar-refractivity contribution is 7.99. The van der Waals surface area contributed by atoms with Crippen LogP contribution in [0.5, 0.6) is 0 Å². The Hall–Kier alpha value is -1.01. The summed E-state index contributed by atoms with van der Waals surface area (Å²) < 4.78 is 4.85. The van der Waals surface area contributed by atoms with Crippen LogP contribution in [0.25, 0.3) is 0 Å². The molecule has 0 saturated heterocycles. The molecule has 17 heavy (non-hydrogen) atoms. The number of thioether (sulfide) groups is 1. The fraction of sp³-hybridized carbons (Fsp3) is 0.636. The van der Waals surface area contributed by atoms with Crippen molar-refractivity contribution in [1.82, 2.24) is 5.16 Å². The maximum atomic E-state index is 11.5. The molecule has 0 aromatic carbocycles. The van der Waals surface area contributed by atoms with Gasteiger partial charge in [-0.3, -0.25) is 4.79 Å². The van der Waals surface area contributed by atoms with Crippen LogP contribution in [-0.2, 0) is 4.79 Å². The highest BCUT2D eigenvalue weighted by atomic mass is 32.2. The summed E-state index contributed by atoms with van der Waals surface area (Å²) in [7, 11) is 0. The molecule has 0 aliphatic heterocycles. The third-order valence-electron chi connectivity index (χ3n) is 2.17. The summed E-state index contributed by atoms with van der Waals surface area (Å²) >= 11 is 1.75. The summed E-state index contributed by atoms with van der Waals surface area (Å²) in [6, 6.07) is 1.70. The van der Waals surface area contributed by atoms with Gasteiger partial charge in [-0.15, -0.1) is 0 Å². The van der Waals surface area contributed by atoms with E-state index in [9.17, 15) is 4.79 Å². The van der Waals surface area contributed by atoms with Gasteiger partial charge in [0.1, 0.15) is 5.76 Å². The van der Waals surface area contributed by atoms with E-state index >= 15 is 0 Å². The number of nitrogens with two attached hydrogens (primary N) is 1. The lowest BCUT2D eigenvalue weighted by molar-refractivity contribution is -0.115. The number of hydrogen-bond acceptors (Lipinski definition) is 5. The number of aromatic nitrogens is 1. The van der Waals surface area contributed by atoms with Gasteiger partial charge in [-0.2, -0.15) is 11.8 Å². The Bertz CT molecular complexity index is 354. The Kier molecular flexibility index (Phi) is 6.07. The zero-order valence-electron chi connectivity index (χ0n) is 10.2. The van der Waals surface area contributed by atoms with Gasteiger partial charge in [0.05, 0.1) is 0 Å². The first kappa shape index (κ1) is 14.1. The zero-order valence-corrected chi connectivity index (χ0v) is 11.0. The van der Waals surface area contributed by atoms with Gasteiger partial charge in [0.25, 0.3) is 0 Å². The van der Waals surface area contributed by atoms with Crippen LogP contribution in [-0.4, -0.2) is 29.1 Å². The molecule has 3 N–H and O–H groups in total. The molecular formula is C11H19N3O2S. The molecule has 0 spiro atoms. The van der Waals surface area contributed by atoms with Crippen LogP contribution in [0, 0.1) is 12.8 Å². The van der Waals surface area contributed by atoms with Crippen molar-refractivity contribution in [3.8, 4) is 0 Å². The minimum absolute atomic E-state index is 0.0359. The van der Waals surface area contributed by atoms with Crippen LogP contribution in [0.2, 0.25) is 0 Å². The topological polar surface area (TPSA) is 81.2 Å². The van der Waals surface area contributed by atoms with E-state index in [0.29, 0.717) is 30.5 Å². The maximum Gasteiger partial charge on any atom is 0.226 e. The van der Waals surface area contributed by atoms with Gasteiger partial charge in [0.2, 0.25) is 5.91 Å². The molecule has 1 aromatic rings. The van der Waals surface area contributed by atoms with Crippen LogP contribution in [0.15, 0.2) is 10.6 Å². The average Bonchev–Trinajstić information content (AvgIpc) is 2.69. The number of aryl methyl sites for hydroxylation is 1. The number of carbonyl (C=O) groups is 1. The van der Waals surface area contributed by atoms with Crippen LogP contribution in [0.1, 0.15) is 19.1 Å². The first-order chi connectivity index (χ1) is 8.11. The van der Waals surface area contributed by atoms with Gasteiger partial charge < -0.3 is 15.6 Å². The molecule has 1 rings (SSSR count). The molecule has 6 heteroatoms. The number of carbonyl (C=O) groups excluding carboxylic acids is 1. The van der Waals surface area contributed by atoms with E-state index in [1.165, 1.54) is 0 Å². The van der Waals surface area contributed by atoms with Crippen molar-refractivity contribution in [2.75, 3.05) is 23.4 Å². The quantitative estimate of drug-likeness (QED) is 0.726. The summed E-state index contributed by atoms with van der Waals surface area (Å²) in [4.78, 5) is 11.5. The van der Waals surface area contributed by atoms with E-state index in [1.807, 2.05) is 0 Å². The molecule has 0 saturated carbocycles. The molecule has 0 aliphatic carbocycles. The fourth-order valence-electron chi connectivity index (χ4n) is 1.15. The van der Waals surface area contributed by atoms with Gasteiger partial charge in [-0.05, 0) is 25.1 Å². The van der Waals surface area contributed by atoms with Gasteiger partial charge >= 0.3 is 0 Å². The summed E-state index contributed by atoms with van der Waals surface area (Å²) in [6.45, 7) is 4.58.